The lowest BCUT2D eigenvalue weighted by molar-refractivity contribution is 0.668. The molecule has 0 amide bonds. The van der Waals surface area contributed by atoms with Crippen molar-refractivity contribution in [2.24, 2.45) is 22.7 Å². The van der Waals surface area contributed by atoms with Crippen LogP contribution >= 0.6 is 0 Å². The minimum absolute atomic E-state index is 0.493. The molecule has 1 heterocycles. The molecule has 1 aliphatic heterocycles. The summed E-state index contributed by atoms with van der Waals surface area (Å²) in [6.07, 6.45) is 12.9. The number of nitrogens with zero attached hydrogens (tertiary/aromatic N) is 1. The minimum atomic E-state index is 0.493. The number of allylic oxidation sites excluding steroid dienone is 5. The summed E-state index contributed by atoms with van der Waals surface area (Å²) in [5.41, 5.74) is 1.45. The van der Waals surface area contributed by atoms with E-state index >= 15 is 0 Å². The third-order valence-electron chi connectivity index (χ3n) is 2.66. The smallest absolute Gasteiger partial charge is 0.0230 e. The second-order valence-electron chi connectivity index (χ2n) is 3.97. The van der Waals surface area contributed by atoms with Gasteiger partial charge in [-0.1, -0.05) is 38.2 Å². The molecule has 0 bridgehead atoms. The van der Waals surface area contributed by atoms with E-state index in [9.17, 15) is 0 Å². The van der Waals surface area contributed by atoms with Gasteiger partial charge in [-0.2, -0.15) is 0 Å². The van der Waals surface area contributed by atoms with Crippen LogP contribution in [0.3, 0.4) is 0 Å². The number of rotatable bonds is 1. The Morgan fingerprint density at radius 2 is 2.08 bits per heavy atom. The van der Waals surface area contributed by atoms with Crippen molar-refractivity contribution in [2.75, 3.05) is 0 Å². The zero-order valence-electron chi connectivity index (χ0n) is 8.14. The predicted octanol–water partition coefficient (Wildman–Crippen LogP) is 2.97. The highest BCUT2D eigenvalue weighted by molar-refractivity contribution is 5.68. The second-order valence-corrected chi connectivity index (χ2v) is 3.97. The molecule has 0 spiro atoms. The lowest BCUT2D eigenvalue weighted by Gasteiger charge is -2.23. The highest BCUT2D eigenvalue weighted by Crippen LogP contribution is 2.28. The van der Waals surface area contributed by atoms with Crippen LogP contribution in [0, 0.1) is 17.8 Å². The van der Waals surface area contributed by atoms with Crippen molar-refractivity contribution in [1.29, 1.82) is 0 Å². The fourth-order valence-electron chi connectivity index (χ4n) is 1.76. The number of hydrogen-bond donors (Lipinski definition) is 0. The largest absolute Gasteiger partial charge is 0.269 e. The van der Waals surface area contributed by atoms with E-state index in [0.29, 0.717) is 17.8 Å². The van der Waals surface area contributed by atoms with Crippen molar-refractivity contribution in [2.45, 2.75) is 13.8 Å². The van der Waals surface area contributed by atoms with Gasteiger partial charge in [0.25, 0.3) is 0 Å². The summed E-state index contributed by atoms with van der Waals surface area (Å²) >= 11 is 0. The lowest BCUT2D eigenvalue weighted by Crippen LogP contribution is -2.16. The van der Waals surface area contributed by atoms with Gasteiger partial charge in [0, 0.05) is 24.3 Å². The molecule has 1 aliphatic carbocycles. The summed E-state index contributed by atoms with van der Waals surface area (Å²) in [5.74, 6) is 1.66. The Kier molecular flexibility index (Phi) is 2.17. The standard InChI is InChI=1S/C12H15N/c1-9(2)10-3-4-12-8-13-6-5-11(12)7-10/h3-9,11-12H,1-2H3. The predicted molar refractivity (Wildman–Crippen MR) is 56.7 cm³/mol. The van der Waals surface area contributed by atoms with Crippen LogP contribution in [-0.4, -0.2) is 6.21 Å². The Bertz CT molecular complexity index is 305. The molecule has 13 heavy (non-hydrogen) atoms. The van der Waals surface area contributed by atoms with Crippen LogP contribution in [-0.2, 0) is 0 Å². The molecule has 0 aromatic carbocycles. The van der Waals surface area contributed by atoms with Crippen molar-refractivity contribution in [1.82, 2.24) is 0 Å². The summed E-state index contributed by atoms with van der Waals surface area (Å²) in [5, 5.41) is 0. The van der Waals surface area contributed by atoms with E-state index in [0.717, 1.165) is 0 Å². The first-order valence-corrected chi connectivity index (χ1v) is 4.87. The van der Waals surface area contributed by atoms with Gasteiger partial charge in [0.15, 0.2) is 0 Å². The van der Waals surface area contributed by atoms with Crippen molar-refractivity contribution in [3.05, 3.63) is 36.1 Å². The molecular weight excluding hydrogens is 158 g/mol. The van der Waals surface area contributed by atoms with Gasteiger partial charge >= 0.3 is 0 Å². The number of fused-ring (bicyclic) bond motifs is 1. The van der Waals surface area contributed by atoms with Crippen molar-refractivity contribution in [3.63, 3.8) is 0 Å². The van der Waals surface area contributed by atoms with E-state index in [1.165, 1.54) is 5.57 Å². The highest BCUT2D eigenvalue weighted by Gasteiger charge is 2.19. The fraction of sp³-hybridized carbons (Fsp3) is 0.417. The molecule has 0 radical (unpaired) electrons. The Balaban J connectivity index is 2.22. The average Bonchev–Trinajstić information content (AvgIpc) is 2.17. The molecule has 2 aliphatic rings. The Hall–Kier alpha value is -1.11. The lowest BCUT2D eigenvalue weighted by atomic mass is 9.83. The van der Waals surface area contributed by atoms with Crippen LogP contribution in [0.5, 0.6) is 0 Å². The molecule has 1 heteroatoms. The molecular formula is C12H15N. The molecule has 0 N–H and O–H groups in total. The molecule has 1 nitrogen and oxygen atoms in total. The van der Waals surface area contributed by atoms with Crippen molar-refractivity contribution >= 4 is 6.21 Å². The van der Waals surface area contributed by atoms with E-state index in [2.05, 4.69) is 43.1 Å². The van der Waals surface area contributed by atoms with Gasteiger partial charge in [-0.15, -0.1) is 0 Å². The van der Waals surface area contributed by atoms with Gasteiger partial charge in [0.2, 0.25) is 0 Å². The third-order valence-corrected chi connectivity index (χ3v) is 2.66. The molecule has 2 atom stereocenters. The number of hydrogen-bond acceptors (Lipinski definition) is 1. The summed E-state index contributed by atoms with van der Waals surface area (Å²) in [6, 6.07) is 0. The first-order valence-electron chi connectivity index (χ1n) is 4.87. The summed E-state index contributed by atoms with van der Waals surface area (Å²) in [7, 11) is 0. The molecule has 0 saturated carbocycles. The van der Waals surface area contributed by atoms with E-state index in [4.69, 9.17) is 0 Å². The Morgan fingerprint density at radius 1 is 1.23 bits per heavy atom. The molecule has 2 unspecified atom stereocenters. The van der Waals surface area contributed by atoms with Crippen molar-refractivity contribution in [3.8, 4) is 0 Å². The maximum Gasteiger partial charge on any atom is 0.0230 e. The maximum absolute atomic E-state index is 4.15. The third kappa shape index (κ3) is 1.64. The van der Waals surface area contributed by atoms with Gasteiger partial charge in [-0.3, -0.25) is 4.99 Å². The fourth-order valence-corrected chi connectivity index (χ4v) is 1.76. The summed E-state index contributed by atoms with van der Waals surface area (Å²) in [6.45, 7) is 4.47. The van der Waals surface area contributed by atoms with E-state index < -0.39 is 0 Å². The molecule has 0 fully saturated rings. The first-order chi connectivity index (χ1) is 6.27. The Labute approximate surface area is 79.6 Å². The SMILES string of the molecule is CC(C)C1=CC2C=CN=CC2C=C1. The van der Waals surface area contributed by atoms with Crippen LogP contribution in [0.2, 0.25) is 0 Å². The summed E-state index contributed by atoms with van der Waals surface area (Å²) in [4.78, 5) is 4.15. The van der Waals surface area contributed by atoms with Crippen LogP contribution in [0.1, 0.15) is 13.8 Å². The normalized spacial score (nSPS) is 30.5. The number of aliphatic imine (C=N–C) groups is 1. The monoisotopic (exact) mass is 173 g/mol. The molecule has 0 aromatic rings. The first kappa shape index (κ1) is 8.49. The average molecular weight is 173 g/mol. The Morgan fingerprint density at radius 3 is 2.85 bits per heavy atom. The topological polar surface area (TPSA) is 12.4 Å². The van der Waals surface area contributed by atoms with Crippen molar-refractivity contribution < 1.29 is 0 Å². The maximum atomic E-state index is 4.15. The second kappa shape index (κ2) is 3.33. The molecule has 0 aromatic heterocycles. The zero-order chi connectivity index (χ0) is 9.26. The van der Waals surface area contributed by atoms with E-state index in [-0.39, 0.29) is 0 Å². The van der Waals surface area contributed by atoms with Crippen LogP contribution in [0.25, 0.3) is 0 Å². The van der Waals surface area contributed by atoms with Gasteiger partial charge in [-0.25, -0.2) is 0 Å². The van der Waals surface area contributed by atoms with Crippen LogP contribution in [0.15, 0.2) is 41.1 Å². The summed E-state index contributed by atoms with van der Waals surface area (Å²) < 4.78 is 0. The van der Waals surface area contributed by atoms with E-state index in [1.54, 1.807) is 0 Å². The van der Waals surface area contributed by atoms with Gasteiger partial charge in [0.05, 0.1) is 0 Å². The highest BCUT2D eigenvalue weighted by atomic mass is 14.7. The van der Waals surface area contributed by atoms with Gasteiger partial charge in [0.1, 0.15) is 0 Å². The van der Waals surface area contributed by atoms with Crippen LogP contribution < -0.4 is 0 Å². The minimum Gasteiger partial charge on any atom is -0.269 e. The van der Waals surface area contributed by atoms with Gasteiger partial charge < -0.3 is 0 Å². The quantitative estimate of drug-likeness (QED) is 0.578. The molecule has 68 valence electrons. The molecule has 0 saturated heterocycles. The molecule has 2 rings (SSSR count). The van der Waals surface area contributed by atoms with Gasteiger partial charge in [-0.05, 0) is 11.5 Å². The van der Waals surface area contributed by atoms with E-state index in [1.807, 2.05) is 12.4 Å². The zero-order valence-corrected chi connectivity index (χ0v) is 8.14. The van der Waals surface area contributed by atoms with Crippen LogP contribution in [0.4, 0.5) is 0 Å².